The van der Waals surface area contributed by atoms with Crippen LogP contribution in [0.1, 0.15) is 40.0 Å². The Labute approximate surface area is 97.0 Å². The summed E-state index contributed by atoms with van der Waals surface area (Å²) >= 11 is 0. The summed E-state index contributed by atoms with van der Waals surface area (Å²) in [6.45, 7) is 5.90. The largest absolute Gasteiger partial charge is 0.369 e. The van der Waals surface area contributed by atoms with Crippen LogP contribution in [-0.4, -0.2) is 18.4 Å². The summed E-state index contributed by atoms with van der Waals surface area (Å²) in [4.78, 5) is 22.6. The topological polar surface area (TPSA) is 72.2 Å². The molecule has 0 bridgehead atoms. The number of amides is 2. The molecule has 1 aliphatic carbocycles. The van der Waals surface area contributed by atoms with Gasteiger partial charge in [-0.05, 0) is 38.5 Å². The highest BCUT2D eigenvalue weighted by molar-refractivity contribution is 5.82. The average Bonchev–Trinajstić information content (AvgIpc) is 2.97. The smallest absolute Gasteiger partial charge is 0.224 e. The lowest BCUT2D eigenvalue weighted by Gasteiger charge is -2.21. The van der Waals surface area contributed by atoms with Crippen LogP contribution >= 0.6 is 0 Å². The highest BCUT2D eigenvalue weighted by Crippen LogP contribution is 2.38. The Bertz CT molecular complexity index is 283. The number of carbonyl (C=O) groups excluding carboxylic acids is 2. The van der Waals surface area contributed by atoms with Crippen LogP contribution in [0.25, 0.3) is 0 Å². The lowest BCUT2D eigenvalue weighted by molar-refractivity contribution is -0.127. The van der Waals surface area contributed by atoms with Crippen molar-refractivity contribution in [1.82, 2.24) is 5.32 Å². The number of primary amides is 1. The van der Waals surface area contributed by atoms with E-state index in [0.29, 0.717) is 18.9 Å². The first-order valence-electron chi connectivity index (χ1n) is 5.89. The minimum absolute atomic E-state index is 0.0220. The monoisotopic (exact) mass is 226 g/mol. The summed E-state index contributed by atoms with van der Waals surface area (Å²) in [5.41, 5.74) is 4.56. The number of carbonyl (C=O) groups is 2. The van der Waals surface area contributed by atoms with Crippen LogP contribution in [0.4, 0.5) is 0 Å². The number of nitrogens with two attached hydrogens (primary N) is 1. The predicted octanol–water partition coefficient (Wildman–Crippen LogP) is 1.05. The zero-order valence-corrected chi connectivity index (χ0v) is 10.4. The summed E-state index contributed by atoms with van der Waals surface area (Å²) < 4.78 is 0. The Morgan fingerprint density at radius 3 is 2.44 bits per heavy atom. The minimum atomic E-state index is -0.668. The Morgan fingerprint density at radius 2 is 2.00 bits per heavy atom. The van der Waals surface area contributed by atoms with Crippen molar-refractivity contribution in [2.24, 2.45) is 23.0 Å². The Balaban J connectivity index is 2.26. The van der Waals surface area contributed by atoms with Gasteiger partial charge in [0.15, 0.2) is 0 Å². The SMILES string of the molecule is CC(CC(=O)NCC(C)(C)C(N)=O)C1CC1. The molecular formula is C12H22N2O2. The standard InChI is InChI=1S/C12H22N2O2/c1-8(9-4-5-9)6-10(15)14-7-12(2,3)11(13)16/h8-9H,4-7H2,1-3H3,(H2,13,16)(H,14,15). The van der Waals surface area contributed by atoms with Crippen molar-refractivity contribution in [3.63, 3.8) is 0 Å². The molecule has 0 spiro atoms. The zero-order valence-electron chi connectivity index (χ0n) is 10.4. The van der Waals surface area contributed by atoms with Crippen LogP contribution < -0.4 is 11.1 Å². The van der Waals surface area contributed by atoms with Gasteiger partial charge < -0.3 is 11.1 Å². The Morgan fingerprint density at radius 1 is 1.44 bits per heavy atom. The summed E-state index contributed by atoms with van der Waals surface area (Å²) in [6, 6.07) is 0. The fraction of sp³-hybridized carbons (Fsp3) is 0.833. The van der Waals surface area contributed by atoms with Gasteiger partial charge in [0, 0.05) is 13.0 Å². The molecule has 0 aromatic rings. The average molecular weight is 226 g/mol. The van der Waals surface area contributed by atoms with E-state index in [1.165, 1.54) is 12.8 Å². The molecule has 1 aliphatic rings. The fourth-order valence-corrected chi connectivity index (χ4v) is 1.60. The molecule has 1 rings (SSSR count). The maximum absolute atomic E-state index is 11.6. The number of hydrogen-bond donors (Lipinski definition) is 2. The predicted molar refractivity (Wildman–Crippen MR) is 62.5 cm³/mol. The molecular weight excluding hydrogens is 204 g/mol. The molecule has 2 amide bonds. The van der Waals surface area contributed by atoms with Crippen molar-refractivity contribution in [1.29, 1.82) is 0 Å². The summed E-state index contributed by atoms with van der Waals surface area (Å²) in [7, 11) is 0. The van der Waals surface area contributed by atoms with E-state index in [0.717, 1.165) is 5.92 Å². The van der Waals surface area contributed by atoms with E-state index in [1.54, 1.807) is 13.8 Å². The highest BCUT2D eigenvalue weighted by atomic mass is 16.2. The van der Waals surface area contributed by atoms with Gasteiger partial charge >= 0.3 is 0 Å². The Hall–Kier alpha value is -1.06. The van der Waals surface area contributed by atoms with Gasteiger partial charge in [-0.3, -0.25) is 9.59 Å². The number of rotatable bonds is 6. The van der Waals surface area contributed by atoms with Crippen LogP contribution in [0.2, 0.25) is 0 Å². The molecule has 0 aromatic carbocycles. The molecule has 0 saturated heterocycles. The third kappa shape index (κ3) is 3.83. The van der Waals surface area contributed by atoms with Gasteiger partial charge in [-0.25, -0.2) is 0 Å². The van der Waals surface area contributed by atoms with E-state index in [4.69, 9.17) is 5.73 Å². The van der Waals surface area contributed by atoms with Gasteiger partial charge in [-0.1, -0.05) is 6.92 Å². The van der Waals surface area contributed by atoms with Crippen molar-refractivity contribution in [3.05, 3.63) is 0 Å². The van der Waals surface area contributed by atoms with Crippen LogP contribution in [0, 0.1) is 17.3 Å². The second kappa shape index (κ2) is 4.85. The summed E-state index contributed by atoms with van der Waals surface area (Å²) in [5.74, 6) is 0.823. The van der Waals surface area contributed by atoms with Crippen molar-refractivity contribution < 1.29 is 9.59 Å². The second-order valence-corrected chi connectivity index (χ2v) is 5.54. The first-order chi connectivity index (χ1) is 7.33. The van der Waals surface area contributed by atoms with Crippen LogP contribution in [0.3, 0.4) is 0 Å². The van der Waals surface area contributed by atoms with Crippen molar-refractivity contribution in [3.8, 4) is 0 Å². The van der Waals surface area contributed by atoms with E-state index in [-0.39, 0.29) is 11.8 Å². The molecule has 3 N–H and O–H groups in total. The number of nitrogens with one attached hydrogen (secondary N) is 1. The van der Waals surface area contributed by atoms with Crippen LogP contribution in [0.5, 0.6) is 0 Å². The van der Waals surface area contributed by atoms with Gasteiger partial charge in [0.2, 0.25) is 11.8 Å². The third-order valence-corrected chi connectivity index (χ3v) is 3.33. The Kier molecular flexibility index (Phi) is 3.94. The zero-order chi connectivity index (χ0) is 12.3. The molecule has 0 radical (unpaired) electrons. The molecule has 4 heteroatoms. The molecule has 1 saturated carbocycles. The molecule has 0 heterocycles. The molecule has 1 atom stereocenters. The van der Waals surface area contributed by atoms with E-state index in [2.05, 4.69) is 12.2 Å². The quantitative estimate of drug-likeness (QED) is 0.710. The van der Waals surface area contributed by atoms with E-state index in [1.807, 2.05) is 0 Å². The van der Waals surface area contributed by atoms with Gasteiger partial charge in [0.05, 0.1) is 5.41 Å². The van der Waals surface area contributed by atoms with Gasteiger partial charge in [-0.2, -0.15) is 0 Å². The first kappa shape index (κ1) is 13.0. The molecule has 16 heavy (non-hydrogen) atoms. The van der Waals surface area contributed by atoms with Gasteiger partial charge in [0.25, 0.3) is 0 Å². The van der Waals surface area contributed by atoms with Crippen LogP contribution in [-0.2, 0) is 9.59 Å². The van der Waals surface area contributed by atoms with Crippen molar-refractivity contribution in [2.75, 3.05) is 6.54 Å². The molecule has 0 aromatic heterocycles. The first-order valence-corrected chi connectivity index (χ1v) is 5.89. The molecule has 4 nitrogen and oxygen atoms in total. The molecule has 1 fully saturated rings. The van der Waals surface area contributed by atoms with Gasteiger partial charge in [0.1, 0.15) is 0 Å². The van der Waals surface area contributed by atoms with Crippen molar-refractivity contribution >= 4 is 11.8 Å². The van der Waals surface area contributed by atoms with E-state index >= 15 is 0 Å². The van der Waals surface area contributed by atoms with E-state index < -0.39 is 5.41 Å². The minimum Gasteiger partial charge on any atom is -0.369 e. The lowest BCUT2D eigenvalue weighted by atomic mass is 9.92. The normalized spacial score (nSPS) is 17.9. The second-order valence-electron chi connectivity index (χ2n) is 5.54. The molecule has 0 aliphatic heterocycles. The fourth-order valence-electron chi connectivity index (χ4n) is 1.60. The van der Waals surface area contributed by atoms with E-state index in [9.17, 15) is 9.59 Å². The van der Waals surface area contributed by atoms with Crippen LogP contribution in [0.15, 0.2) is 0 Å². The van der Waals surface area contributed by atoms with Gasteiger partial charge in [-0.15, -0.1) is 0 Å². The maximum Gasteiger partial charge on any atom is 0.224 e. The summed E-state index contributed by atoms with van der Waals surface area (Å²) in [5, 5.41) is 2.78. The highest BCUT2D eigenvalue weighted by Gasteiger charge is 2.30. The van der Waals surface area contributed by atoms with Crippen molar-refractivity contribution in [2.45, 2.75) is 40.0 Å². The maximum atomic E-state index is 11.6. The molecule has 1 unspecified atom stereocenters. The number of hydrogen-bond acceptors (Lipinski definition) is 2. The summed E-state index contributed by atoms with van der Waals surface area (Å²) in [6.07, 6.45) is 3.06. The third-order valence-electron chi connectivity index (χ3n) is 3.33. The lowest BCUT2D eigenvalue weighted by Crippen LogP contribution is -2.42. The molecule has 92 valence electrons.